The fourth-order valence-electron chi connectivity index (χ4n) is 2.62. The number of phenols is 2. The first-order valence-corrected chi connectivity index (χ1v) is 8.49. The molecule has 1 aromatic carbocycles. The summed E-state index contributed by atoms with van der Waals surface area (Å²) in [5.74, 6) is -1.67. The molecule has 6 heteroatoms. The molecule has 134 valence electrons. The van der Waals surface area contributed by atoms with Crippen LogP contribution in [0.5, 0.6) is 11.5 Å². The first-order valence-electron chi connectivity index (χ1n) is 8.11. The van der Waals surface area contributed by atoms with E-state index in [4.69, 9.17) is 16.3 Å². The van der Waals surface area contributed by atoms with E-state index in [1.54, 1.807) is 19.1 Å². The lowest BCUT2D eigenvalue weighted by atomic mass is 9.99. The van der Waals surface area contributed by atoms with Crippen molar-refractivity contribution in [1.29, 1.82) is 0 Å². The minimum Gasteiger partial charge on any atom is -0.507 e. The number of benzene rings is 1. The third-order valence-corrected chi connectivity index (χ3v) is 4.47. The van der Waals surface area contributed by atoms with Crippen molar-refractivity contribution in [2.45, 2.75) is 39.2 Å². The fraction of sp³-hybridized carbons (Fsp3) is 0.368. The Morgan fingerprint density at radius 2 is 1.84 bits per heavy atom. The quantitative estimate of drug-likeness (QED) is 0.681. The Balaban J connectivity index is 2.49. The van der Waals surface area contributed by atoms with Gasteiger partial charge in [-0.3, -0.25) is 4.79 Å². The number of carbonyl (C=O) groups is 2. The van der Waals surface area contributed by atoms with Crippen molar-refractivity contribution in [3.8, 4) is 11.5 Å². The molecule has 5 nitrogen and oxygen atoms in total. The van der Waals surface area contributed by atoms with Crippen molar-refractivity contribution < 1.29 is 24.5 Å². The van der Waals surface area contributed by atoms with Crippen LogP contribution in [0.1, 0.15) is 42.6 Å². The number of halogens is 1. The first kappa shape index (κ1) is 19.1. The van der Waals surface area contributed by atoms with Crippen LogP contribution in [0.4, 0.5) is 0 Å². The number of ketones is 1. The molecule has 0 amide bonds. The number of aromatic hydroxyl groups is 2. The molecule has 0 bridgehead atoms. The van der Waals surface area contributed by atoms with Crippen LogP contribution in [0.25, 0.3) is 0 Å². The molecule has 1 aliphatic heterocycles. The summed E-state index contributed by atoms with van der Waals surface area (Å²) in [5, 5.41) is 19.7. The van der Waals surface area contributed by atoms with Gasteiger partial charge in [0.25, 0.3) is 0 Å². The van der Waals surface area contributed by atoms with Gasteiger partial charge in [0.05, 0.1) is 11.1 Å². The number of hydrogen-bond donors (Lipinski definition) is 2. The monoisotopic (exact) mass is 364 g/mol. The van der Waals surface area contributed by atoms with Gasteiger partial charge in [-0.1, -0.05) is 36.8 Å². The fourth-order valence-corrected chi connectivity index (χ4v) is 2.84. The van der Waals surface area contributed by atoms with E-state index in [0.717, 1.165) is 12.5 Å². The van der Waals surface area contributed by atoms with E-state index in [-0.39, 0.29) is 40.4 Å². The summed E-state index contributed by atoms with van der Waals surface area (Å²) < 4.78 is 5.39. The minimum absolute atomic E-state index is 0.0559. The molecule has 25 heavy (non-hydrogen) atoms. The second-order valence-corrected chi connectivity index (χ2v) is 6.62. The molecule has 2 rings (SSSR count). The van der Waals surface area contributed by atoms with Crippen molar-refractivity contribution in [2.24, 2.45) is 5.92 Å². The number of carbonyl (C=O) groups excluding carboxylic acids is 2. The third kappa shape index (κ3) is 4.86. The topological polar surface area (TPSA) is 83.8 Å². The largest absolute Gasteiger partial charge is 0.507 e. The van der Waals surface area contributed by atoms with Gasteiger partial charge in [0.1, 0.15) is 17.1 Å². The van der Waals surface area contributed by atoms with Crippen molar-refractivity contribution in [1.82, 2.24) is 0 Å². The molecule has 1 heterocycles. The maximum Gasteiger partial charge on any atom is 0.342 e. The maximum absolute atomic E-state index is 12.5. The summed E-state index contributed by atoms with van der Waals surface area (Å²) in [5.41, 5.74) is -0.127. The summed E-state index contributed by atoms with van der Waals surface area (Å²) in [7, 11) is 0. The van der Waals surface area contributed by atoms with Crippen LogP contribution in [-0.4, -0.2) is 28.1 Å². The summed E-state index contributed by atoms with van der Waals surface area (Å²) in [6, 6.07) is 0.974. The average molecular weight is 365 g/mol. The predicted molar refractivity (Wildman–Crippen MR) is 95.0 cm³/mol. The van der Waals surface area contributed by atoms with Gasteiger partial charge in [-0.25, -0.2) is 4.79 Å². The molecule has 0 fully saturated rings. The number of phenolic OH excluding ortho intramolecular Hbond substituents is 2. The molecule has 0 spiro atoms. The van der Waals surface area contributed by atoms with Gasteiger partial charge in [0, 0.05) is 18.1 Å². The molecule has 0 unspecified atom stereocenters. The lowest BCUT2D eigenvalue weighted by Crippen LogP contribution is -2.18. The Morgan fingerprint density at radius 1 is 1.12 bits per heavy atom. The van der Waals surface area contributed by atoms with Gasteiger partial charge in [0.2, 0.25) is 0 Å². The summed E-state index contributed by atoms with van der Waals surface area (Å²) in [6.45, 7) is 3.81. The molecule has 0 saturated carbocycles. The van der Waals surface area contributed by atoms with Crippen molar-refractivity contribution >= 4 is 23.4 Å². The van der Waals surface area contributed by atoms with Crippen LogP contribution in [0.3, 0.4) is 0 Å². The zero-order valence-corrected chi connectivity index (χ0v) is 14.9. The number of esters is 1. The van der Waals surface area contributed by atoms with E-state index in [9.17, 15) is 19.8 Å². The Labute approximate surface area is 151 Å². The highest BCUT2D eigenvalue weighted by Crippen LogP contribution is 2.37. The van der Waals surface area contributed by atoms with Crippen LogP contribution in [0.2, 0.25) is 5.02 Å². The van der Waals surface area contributed by atoms with Crippen LogP contribution in [-0.2, 0) is 16.0 Å². The SMILES string of the molecule is C[C@@H]1C=CC=CC(=O)Cc2c(Cl)c(O)cc(O)c2C(=O)O[C@H](C)CC1. The maximum atomic E-state index is 12.5. The van der Waals surface area contributed by atoms with Gasteiger partial charge >= 0.3 is 5.97 Å². The number of hydrogen-bond acceptors (Lipinski definition) is 5. The number of rotatable bonds is 0. The lowest BCUT2D eigenvalue weighted by molar-refractivity contribution is -0.114. The van der Waals surface area contributed by atoms with Crippen LogP contribution < -0.4 is 0 Å². The standard InChI is InChI=1S/C19H21ClO5/c1-11-5-3-4-6-13(21)9-14-17(15(22)10-16(23)18(14)20)19(24)25-12(2)8-7-11/h3-6,10-12,22-23H,7-9H2,1-2H3/t11-,12-/m1/s1. The highest BCUT2D eigenvalue weighted by Gasteiger charge is 2.26. The zero-order valence-electron chi connectivity index (χ0n) is 14.2. The highest BCUT2D eigenvalue weighted by atomic mass is 35.5. The van der Waals surface area contributed by atoms with Crippen molar-refractivity contribution in [3.63, 3.8) is 0 Å². The van der Waals surface area contributed by atoms with E-state index in [1.807, 2.05) is 13.0 Å². The molecule has 2 N–H and O–H groups in total. The number of cyclic esters (lactones) is 1. The Kier molecular flexibility index (Phi) is 6.26. The van der Waals surface area contributed by atoms with E-state index in [2.05, 4.69) is 0 Å². The van der Waals surface area contributed by atoms with Gasteiger partial charge in [-0.2, -0.15) is 0 Å². The molecule has 0 saturated heterocycles. The van der Waals surface area contributed by atoms with Crippen LogP contribution >= 0.6 is 11.6 Å². The van der Waals surface area contributed by atoms with Gasteiger partial charge in [-0.05, 0) is 31.8 Å². The second-order valence-electron chi connectivity index (χ2n) is 6.24. The van der Waals surface area contributed by atoms with E-state index in [0.29, 0.717) is 6.42 Å². The summed E-state index contributed by atoms with van der Waals surface area (Å²) in [4.78, 5) is 24.6. The predicted octanol–water partition coefficient (Wildman–Crippen LogP) is 3.95. The highest BCUT2D eigenvalue weighted by molar-refractivity contribution is 6.33. The van der Waals surface area contributed by atoms with E-state index in [1.165, 1.54) is 6.08 Å². The Bertz CT molecular complexity index is 736. The van der Waals surface area contributed by atoms with Gasteiger partial charge < -0.3 is 14.9 Å². The molecule has 0 radical (unpaired) electrons. The normalized spacial score (nSPS) is 22.2. The van der Waals surface area contributed by atoms with Crippen LogP contribution in [0.15, 0.2) is 30.4 Å². The summed E-state index contributed by atoms with van der Waals surface area (Å²) >= 11 is 6.06. The zero-order chi connectivity index (χ0) is 18.6. The van der Waals surface area contributed by atoms with E-state index >= 15 is 0 Å². The number of fused-ring (bicyclic) bond motifs is 1. The van der Waals surface area contributed by atoms with Crippen LogP contribution in [0, 0.1) is 5.92 Å². The van der Waals surface area contributed by atoms with Gasteiger partial charge in [-0.15, -0.1) is 0 Å². The second kappa shape index (κ2) is 8.21. The molecule has 1 aromatic rings. The van der Waals surface area contributed by atoms with E-state index < -0.39 is 17.5 Å². The van der Waals surface area contributed by atoms with Crippen molar-refractivity contribution in [3.05, 3.63) is 46.5 Å². The number of allylic oxidation sites excluding steroid dienone is 4. The smallest absolute Gasteiger partial charge is 0.342 e. The first-order chi connectivity index (χ1) is 11.8. The third-order valence-electron chi connectivity index (χ3n) is 4.05. The Morgan fingerprint density at radius 3 is 2.56 bits per heavy atom. The molecule has 0 aromatic heterocycles. The Hall–Kier alpha value is -2.27. The minimum atomic E-state index is -0.765. The molecular weight excluding hydrogens is 344 g/mol. The lowest BCUT2D eigenvalue weighted by Gasteiger charge is -2.18. The molecular formula is C19H21ClO5. The van der Waals surface area contributed by atoms with Gasteiger partial charge in [0.15, 0.2) is 5.78 Å². The molecule has 2 atom stereocenters. The molecule has 0 aliphatic carbocycles. The van der Waals surface area contributed by atoms with Crippen molar-refractivity contribution in [2.75, 3.05) is 0 Å². The number of ether oxygens (including phenoxy) is 1. The average Bonchev–Trinajstić information content (AvgIpc) is 2.53. The summed E-state index contributed by atoms with van der Waals surface area (Å²) in [6.07, 6.45) is 7.63. The molecule has 1 aliphatic rings.